The van der Waals surface area contributed by atoms with Gasteiger partial charge < -0.3 is 19.1 Å². The molecule has 1 unspecified atom stereocenters. The largest absolute Gasteiger partial charge is 0.729 e. The summed E-state index contributed by atoms with van der Waals surface area (Å²) in [6.07, 6.45) is 8.59. The molecule has 2 aromatic rings. The summed E-state index contributed by atoms with van der Waals surface area (Å²) in [5.41, 5.74) is 2.46. The van der Waals surface area contributed by atoms with Gasteiger partial charge in [0, 0.05) is 36.2 Å². The Bertz CT molecular complexity index is 1820. The topological polar surface area (TPSA) is 98.9 Å². The zero-order chi connectivity index (χ0) is 36.1. The van der Waals surface area contributed by atoms with Crippen LogP contribution in [0.2, 0.25) is 5.02 Å². The maximum Gasteiger partial charge on any atom is 0.729 e. The lowest BCUT2D eigenvalue weighted by Gasteiger charge is -2.46. The van der Waals surface area contributed by atoms with Crippen molar-refractivity contribution < 1.29 is 28.0 Å². The number of amides is 2. The van der Waals surface area contributed by atoms with E-state index in [1.165, 1.54) is 11.1 Å². The number of nitrogens with zero attached hydrogens (tertiary/aromatic N) is 3. The first-order chi connectivity index (χ1) is 23.8. The third-order valence-corrected chi connectivity index (χ3v) is 11.8. The molecule has 9 nitrogen and oxygen atoms in total. The van der Waals surface area contributed by atoms with Crippen LogP contribution in [0.4, 0.5) is 10.5 Å². The molecule has 0 aromatic heterocycles. The fraction of sp³-hybridized carbons (Fsp3) is 0.513. The normalized spacial score (nSPS) is 22.9. The number of carbonyl (C=O) groups excluding carboxylic acids is 2. The minimum absolute atomic E-state index is 0.0176. The highest BCUT2D eigenvalue weighted by molar-refractivity contribution is 7.98. The van der Waals surface area contributed by atoms with E-state index in [1.807, 2.05) is 12.1 Å². The van der Waals surface area contributed by atoms with Gasteiger partial charge in [-0.3, -0.25) is 4.79 Å². The number of allylic oxidation sites excluding steroid dienone is 1. The van der Waals surface area contributed by atoms with Crippen LogP contribution in [0.1, 0.15) is 80.8 Å². The molecule has 268 valence electrons. The number of rotatable bonds is 10. The second kappa shape index (κ2) is 15.7. The van der Waals surface area contributed by atoms with Gasteiger partial charge in [0.1, 0.15) is 11.4 Å². The lowest BCUT2D eigenvalue weighted by molar-refractivity contribution is 0.0135. The lowest BCUT2D eigenvalue weighted by Crippen LogP contribution is -2.49. The highest BCUT2D eigenvalue weighted by Gasteiger charge is 2.44. The number of methoxy groups -OCH3 is 1. The zero-order valence-corrected chi connectivity index (χ0v) is 31.2. The molecule has 5 rings (SSSR count). The van der Waals surface area contributed by atoms with Crippen LogP contribution in [0.15, 0.2) is 66.1 Å². The molecule has 1 saturated carbocycles. The zero-order valence-electron chi connectivity index (χ0n) is 29.6. The third kappa shape index (κ3) is 8.79. The Labute approximate surface area is 302 Å². The highest BCUT2D eigenvalue weighted by atomic mass is 35.5. The Kier molecular flexibility index (Phi) is 11.8. The van der Waals surface area contributed by atoms with E-state index in [2.05, 4.69) is 44.8 Å². The van der Waals surface area contributed by atoms with E-state index in [9.17, 15) is 13.8 Å². The molecule has 1 spiro atoms. The highest BCUT2D eigenvalue weighted by Crippen LogP contribution is 2.47. The van der Waals surface area contributed by atoms with E-state index in [0.29, 0.717) is 43.6 Å². The number of ether oxygens (including phenoxy) is 3. The number of hydrogen-bond donors (Lipinski definition) is 0. The van der Waals surface area contributed by atoms with Gasteiger partial charge in [-0.25, -0.2) is 4.21 Å². The van der Waals surface area contributed by atoms with Crippen molar-refractivity contribution in [1.29, 1.82) is 0 Å². The molecular weight excluding hydrogens is 674 g/mol. The fourth-order valence-electron chi connectivity index (χ4n) is 7.34. The van der Waals surface area contributed by atoms with Crippen molar-refractivity contribution in [2.24, 2.45) is 16.2 Å². The number of hydrogen-bond acceptors (Lipinski definition) is 7. The molecule has 0 saturated heterocycles. The average molecular weight is 723 g/mol. The summed E-state index contributed by atoms with van der Waals surface area (Å²) >= 11 is 6.43. The van der Waals surface area contributed by atoms with Gasteiger partial charge in [-0.1, -0.05) is 29.8 Å². The maximum absolute atomic E-state index is 13.9. The molecule has 2 amide bonds. The van der Waals surface area contributed by atoms with Gasteiger partial charge in [-0.05, 0) is 119 Å². The standard InChI is InChI=1S/C39H49ClN3O6S/c1-7-9-10-20-50(46,26-41-37(45)49-38(3,4)5)42-36(44)28-14-18-35-33(22-28)43(23-29-13-16-31(29)34(8-2)47-6)24-39(25-48-35)19-11-12-27-21-30(40)15-17-32(27)39/h7-8,14-15,17-18,21-22,29,31,34H,1-2,9-13,16,19-20,23-25H2,3-6H3/q+1/t29-,31+,34-,39-,50?/m0/s1. The van der Waals surface area contributed by atoms with Crippen molar-refractivity contribution in [2.45, 2.75) is 82.8 Å². The van der Waals surface area contributed by atoms with Crippen LogP contribution in [0.25, 0.3) is 4.85 Å². The molecule has 3 aliphatic rings. The van der Waals surface area contributed by atoms with E-state index in [0.717, 1.165) is 49.4 Å². The third-order valence-electron chi connectivity index (χ3n) is 9.87. The molecule has 2 aromatic carbocycles. The molecular formula is C39H49ClN3O6S+. The summed E-state index contributed by atoms with van der Waals surface area (Å²) in [5, 5.41) is 3.10. The fourth-order valence-corrected chi connectivity index (χ4v) is 8.91. The predicted octanol–water partition coefficient (Wildman–Crippen LogP) is 8.84. The number of anilines is 1. The first kappa shape index (κ1) is 37.6. The smallest absolute Gasteiger partial charge is 0.490 e. The molecule has 2 aliphatic carbocycles. The van der Waals surface area contributed by atoms with Crippen LogP contribution >= 0.6 is 11.6 Å². The van der Waals surface area contributed by atoms with Crippen molar-refractivity contribution in [3.63, 3.8) is 0 Å². The Morgan fingerprint density at radius 2 is 2.04 bits per heavy atom. The molecule has 50 heavy (non-hydrogen) atoms. The van der Waals surface area contributed by atoms with E-state index in [4.69, 9.17) is 25.8 Å². The van der Waals surface area contributed by atoms with Gasteiger partial charge in [0.25, 0.3) is 5.91 Å². The molecule has 0 bridgehead atoms. The Balaban J connectivity index is 1.53. The van der Waals surface area contributed by atoms with Gasteiger partial charge in [0.15, 0.2) is 9.73 Å². The number of halogens is 1. The van der Waals surface area contributed by atoms with Crippen molar-refractivity contribution >= 4 is 39.0 Å². The van der Waals surface area contributed by atoms with Gasteiger partial charge in [0.05, 0.1) is 29.0 Å². The molecule has 1 fully saturated rings. The SMILES string of the molecule is C=CCCCS(=O)(C#[N+]C(=O)OC(C)(C)C)=NC(=O)c1ccc2c(c1)N(C[C@@H]1CC[C@H]1[C@H](C=C)OC)C[C@@]1(CCCc3cc(Cl)ccc31)CO2. The number of unbranched alkanes of at least 4 members (excludes halogenated alkanes) is 1. The first-order valence-corrected chi connectivity index (χ1v) is 19.4. The first-order valence-electron chi connectivity index (χ1n) is 17.4. The molecule has 0 N–H and O–H groups in total. The summed E-state index contributed by atoms with van der Waals surface area (Å²) in [6.45, 7) is 14.7. The van der Waals surface area contributed by atoms with Crippen molar-refractivity contribution in [1.82, 2.24) is 0 Å². The van der Waals surface area contributed by atoms with Crippen LogP contribution in [0.3, 0.4) is 0 Å². The minimum atomic E-state index is -3.47. The maximum atomic E-state index is 13.9. The Morgan fingerprint density at radius 1 is 1.24 bits per heavy atom. The Morgan fingerprint density at radius 3 is 2.72 bits per heavy atom. The van der Waals surface area contributed by atoms with Gasteiger partial charge >= 0.3 is 11.5 Å². The van der Waals surface area contributed by atoms with Crippen LogP contribution in [0, 0.1) is 17.2 Å². The molecule has 0 radical (unpaired) electrons. The van der Waals surface area contributed by atoms with E-state index < -0.39 is 27.3 Å². The molecule has 11 heteroatoms. The second-order valence-electron chi connectivity index (χ2n) is 14.6. The number of aryl methyl sites for hydroxylation is 1. The van der Waals surface area contributed by atoms with Gasteiger partial charge in [-0.2, -0.15) is 4.79 Å². The summed E-state index contributed by atoms with van der Waals surface area (Å²) in [7, 11) is -1.74. The van der Waals surface area contributed by atoms with Crippen molar-refractivity contribution in [3.05, 3.63) is 88.3 Å². The minimum Gasteiger partial charge on any atom is -0.490 e. The van der Waals surface area contributed by atoms with Crippen molar-refractivity contribution in [2.75, 3.05) is 37.5 Å². The van der Waals surface area contributed by atoms with E-state index >= 15 is 0 Å². The van der Waals surface area contributed by atoms with Crippen LogP contribution in [-0.2, 0) is 31.0 Å². The number of benzene rings is 2. The van der Waals surface area contributed by atoms with E-state index in [-0.39, 0.29) is 22.8 Å². The summed E-state index contributed by atoms with van der Waals surface area (Å²) in [4.78, 5) is 32.1. The molecule has 5 atom stereocenters. The summed E-state index contributed by atoms with van der Waals surface area (Å²) in [5.74, 6) is 0.648. The summed E-state index contributed by atoms with van der Waals surface area (Å²) in [6, 6.07) is 11.4. The molecule has 1 heterocycles. The number of fused-ring (bicyclic) bond motifs is 3. The van der Waals surface area contributed by atoms with Crippen LogP contribution in [-0.4, -0.2) is 60.5 Å². The summed E-state index contributed by atoms with van der Waals surface area (Å²) < 4.78 is 35.6. The van der Waals surface area contributed by atoms with Gasteiger partial charge in [0.2, 0.25) is 0 Å². The lowest BCUT2D eigenvalue weighted by atomic mass is 9.68. The van der Waals surface area contributed by atoms with Crippen molar-refractivity contribution in [3.8, 4) is 11.2 Å². The predicted molar refractivity (Wildman–Crippen MR) is 200 cm³/mol. The quantitative estimate of drug-likeness (QED) is 0.137. The van der Waals surface area contributed by atoms with Crippen LogP contribution < -0.4 is 9.64 Å². The monoisotopic (exact) mass is 722 g/mol. The number of carbonyl (C=O) groups is 2. The van der Waals surface area contributed by atoms with E-state index in [1.54, 1.807) is 52.2 Å². The second-order valence-corrected chi connectivity index (χ2v) is 17.1. The molecule has 1 aliphatic heterocycles. The average Bonchev–Trinajstić information content (AvgIpc) is 3.20. The number of thiocyanates is 1. The van der Waals surface area contributed by atoms with Crippen LogP contribution in [0.5, 0.6) is 5.75 Å². The van der Waals surface area contributed by atoms with Gasteiger partial charge in [-0.15, -0.1) is 17.5 Å². The Hall–Kier alpha value is -3.65.